The van der Waals surface area contributed by atoms with Crippen LogP contribution < -0.4 is 4.90 Å². The third-order valence-electron chi connectivity index (χ3n) is 3.17. The van der Waals surface area contributed by atoms with Gasteiger partial charge in [0, 0.05) is 17.8 Å². The lowest BCUT2D eigenvalue weighted by molar-refractivity contribution is -0.138. The van der Waals surface area contributed by atoms with Gasteiger partial charge < -0.3 is 10.0 Å². The van der Waals surface area contributed by atoms with E-state index in [0.717, 1.165) is 12.7 Å². The molecular formula is C12H14ClNO4S. The molecule has 19 heavy (non-hydrogen) atoms. The quantitative estimate of drug-likeness (QED) is 0.921. The van der Waals surface area contributed by atoms with E-state index in [1.165, 1.54) is 6.07 Å². The van der Waals surface area contributed by atoms with Crippen LogP contribution in [-0.2, 0) is 14.6 Å². The van der Waals surface area contributed by atoms with E-state index in [1.807, 2.05) is 0 Å². The molecule has 0 spiro atoms. The largest absolute Gasteiger partial charge is 0.480 e. The molecule has 1 aliphatic rings. The van der Waals surface area contributed by atoms with Crippen LogP contribution in [0.3, 0.4) is 0 Å². The Morgan fingerprint density at radius 2 is 2.16 bits per heavy atom. The average Bonchev–Trinajstić information content (AvgIpc) is 2.76. The fraction of sp³-hybridized carbons (Fsp3) is 0.417. The number of rotatable bonds is 3. The highest BCUT2D eigenvalue weighted by Gasteiger charge is 2.33. The van der Waals surface area contributed by atoms with Crippen LogP contribution in [0.1, 0.15) is 12.8 Å². The molecular weight excluding hydrogens is 290 g/mol. The van der Waals surface area contributed by atoms with E-state index < -0.39 is 21.8 Å². The highest BCUT2D eigenvalue weighted by Crippen LogP contribution is 2.33. The summed E-state index contributed by atoms with van der Waals surface area (Å²) in [5.74, 6) is -0.938. The predicted octanol–water partition coefficient (Wildman–Crippen LogP) is 1.80. The van der Waals surface area contributed by atoms with E-state index in [0.29, 0.717) is 23.7 Å². The molecule has 1 unspecified atom stereocenters. The number of nitrogens with zero attached hydrogens (tertiary/aromatic N) is 1. The summed E-state index contributed by atoms with van der Waals surface area (Å²) < 4.78 is 23.6. The normalized spacial score (nSPS) is 19.7. The maximum Gasteiger partial charge on any atom is 0.326 e. The molecule has 0 bridgehead atoms. The van der Waals surface area contributed by atoms with Gasteiger partial charge in [-0.3, -0.25) is 0 Å². The fourth-order valence-electron chi connectivity index (χ4n) is 2.33. The summed E-state index contributed by atoms with van der Waals surface area (Å²) in [5, 5.41) is 9.49. The summed E-state index contributed by atoms with van der Waals surface area (Å²) in [5.41, 5.74) is 0.414. The minimum absolute atomic E-state index is 0.0770. The fourth-order valence-corrected chi connectivity index (χ4v) is 3.48. The molecule has 1 aromatic carbocycles. The molecule has 1 fully saturated rings. The number of halogens is 1. The Morgan fingerprint density at radius 1 is 1.47 bits per heavy atom. The zero-order valence-electron chi connectivity index (χ0n) is 10.3. The second-order valence-corrected chi connectivity index (χ2v) is 6.99. The van der Waals surface area contributed by atoms with Crippen LogP contribution in [0.5, 0.6) is 0 Å². The van der Waals surface area contributed by atoms with Gasteiger partial charge in [0.25, 0.3) is 0 Å². The van der Waals surface area contributed by atoms with Crippen molar-refractivity contribution in [2.45, 2.75) is 23.8 Å². The van der Waals surface area contributed by atoms with Gasteiger partial charge in [-0.25, -0.2) is 13.2 Å². The molecule has 2 rings (SSSR count). The van der Waals surface area contributed by atoms with Crippen molar-refractivity contribution in [3.63, 3.8) is 0 Å². The second kappa shape index (κ2) is 5.02. The van der Waals surface area contributed by atoms with Crippen molar-refractivity contribution in [3.8, 4) is 0 Å². The van der Waals surface area contributed by atoms with Gasteiger partial charge in [0.15, 0.2) is 9.84 Å². The highest BCUT2D eigenvalue weighted by molar-refractivity contribution is 7.90. The van der Waals surface area contributed by atoms with Crippen molar-refractivity contribution in [1.82, 2.24) is 0 Å². The number of hydrogen-bond acceptors (Lipinski definition) is 4. The van der Waals surface area contributed by atoms with E-state index in [1.54, 1.807) is 17.0 Å². The highest BCUT2D eigenvalue weighted by atomic mass is 35.5. The molecule has 5 nitrogen and oxygen atoms in total. The van der Waals surface area contributed by atoms with Gasteiger partial charge in [-0.05, 0) is 31.0 Å². The average molecular weight is 304 g/mol. The zero-order chi connectivity index (χ0) is 14.2. The third-order valence-corrected chi connectivity index (χ3v) is 4.53. The summed E-state index contributed by atoms with van der Waals surface area (Å²) in [6.07, 6.45) is 2.33. The molecule has 104 valence electrons. The molecule has 7 heteroatoms. The Hall–Kier alpha value is -1.27. The number of benzene rings is 1. The van der Waals surface area contributed by atoms with Gasteiger partial charge in [0.1, 0.15) is 6.04 Å². The number of hydrogen-bond donors (Lipinski definition) is 1. The minimum atomic E-state index is -3.46. The van der Waals surface area contributed by atoms with E-state index in [9.17, 15) is 18.3 Å². The lowest BCUT2D eigenvalue weighted by Crippen LogP contribution is -2.36. The minimum Gasteiger partial charge on any atom is -0.480 e. The van der Waals surface area contributed by atoms with Crippen LogP contribution in [0, 0.1) is 0 Å². The molecule has 1 heterocycles. The molecule has 1 aromatic rings. The van der Waals surface area contributed by atoms with Crippen molar-refractivity contribution in [1.29, 1.82) is 0 Å². The Bertz CT molecular complexity index is 614. The lowest BCUT2D eigenvalue weighted by atomic mass is 10.2. The first-order valence-corrected chi connectivity index (χ1v) is 8.06. The van der Waals surface area contributed by atoms with Gasteiger partial charge in [0.05, 0.1) is 10.6 Å². The first-order valence-electron chi connectivity index (χ1n) is 5.80. The smallest absolute Gasteiger partial charge is 0.326 e. The van der Waals surface area contributed by atoms with Crippen molar-refractivity contribution in [2.75, 3.05) is 17.7 Å². The Kier molecular flexibility index (Phi) is 3.73. The van der Waals surface area contributed by atoms with Crippen molar-refractivity contribution < 1.29 is 18.3 Å². The maximum absolute atomic E-state index is 11.8. The summed E-state index contributed by atoms with van der Waals surface area (Å²) in [7, 11) is -3.46. The number of carboxylic acid groups (broad SMARTS) is 1. The Morgan fingerprint density at radius 3 is 2.74 bits per heavy atom. The molecule has 0 aliphatic carbocycles. The summed E-state index contributed by atoms with van der Waals surface area (Å²) >= 11 is 5.83. The molecule has 1 aliphatic heterocycles. The molecule has 0 radical (unpaired) electrons. The summed E-state index contributed by atoms with van der Waals surface area (Å²) in [6, 6.07) is 3.83. The van der Waals surface area contributed by atoms with E-state index in [-0.39, 0.29) is 4.90 Å². The molecule has 0 saturated carbocycles. The van der Waals surface area contributed by atoms with Crippen LogP contribution in [0.15, 0.2) is 23.1 Å². The SMILES string of the molecule is CS(=O)(=O)c1cc(Cl)ccc1N1CCCC1C(=O)O. The van der Waals surface area contributed by atoms with Gasteiger partial charge in [-0.1, -0.05) is 11.6 Å². The van der Waals surface area contributed by atoms with Gasteiger partial charge in [0.2, 0.25) is 0 Å². The van der Waals surface area contributed by atoms with Crippen LogP contribution in [0.4, 0.5) is 5.69 Å². The van der Waals surface area contributed by atoms with Crippen molar-refractivity contribution in [3.05, 3.63) is 23.2 Å². The number of aliphatic carboxylic acids is 1. The third kappa shape index (κ3) is 2.84. The molecule has 0 amide bonds. The molecule has 1 N–H and O–H groups in total. The van der Waals surface area contributed by atoms with Crippen molar-refractivity contribution >= 4 is 33.1 Å². The monoisotopic (exact) mass is 303 g/mol. The second-order valence-electron chi connectivity index (χ2n) is 4.57. The topological polar surface area (TPSA) is 74.7 Å². The van der Waals surface area contributed by atoms with Gasteiger partial charge in [-0.2, -0.15) is 0 Å². The Labute approximate surface area is 116 Å². The van der Waals surface area contributed by atoms with Gasteiger partial charge in [-0.15, -0.1) is 0 Å². The molecule has 1 saturated heterocycles. The molecule has 1 atom stereocenters. The lowest BCUT2D eigenvalue weighted by Gasteiger charge is -2.25. The van der Waals surface area contributed by atoms with Crippen LogP contribution >= 0.6 is 11.6 Å². The van der Waals surface area contributed by atoms with Crippen LogP contribution in [0.2, 0.25) is 5.02 Å². The standard InChI is InChI=1S/C12H14ClNO4S/c1-19(17,18)11-7-8(13)4-5-9(11)14-6-2-3-10(14)12(15)16/h4-5,7,10H,2-3,6H2,1H3,(H,15,16). The van der Waals surface area contributed by atoms with Crippen LogP contribution in [-0.4, -0.2) is 38.3 Å². The summed E-state index contributed by atoms with van der Waals surface area (Å²) in [6.45, 7) is 0.529. The van der Waals surface area contributed by atoms with E-state index in [4.69, 9.17) is 11.6 Å². The van der Waals surface area contributed by atoms with E-state index in [2.05, 4.69) is 0 Å². The van der Waals surface area contributed by atoms with Crippen molar-refractivity contribution in [2.24, 2.45) is 0 Å². The number of carbonyl (C=O) groups is 1. The number of sulfone groups is 1. The Balaban J connectivity index is 2.54. The van der Waals surface area contributed by atoms with Crippen LogP contribution in [0.25, 0.3) is 0 Å². The van der Waals surface area contributed by atoms with E-state index >= 15 is 0 Å². The first kappa shape index (κ1) is 14.1. The summed E-state index contributed by atoms with van der Waals surface area (Å²) in [4.78, 5) is 12.9. The zero-order valence-corrected chi connectivity index (χ0v) is 11.9. The number of anilines is 1. The first-order chi connectivity index (χ1) is 8.80. The maximum atomic E-state index is 11.8. The van der Waals surface area contributed by atoms with Gasteiger partial charge >= 0.3 is 5.97 Å². The predicted molar refractivity (Wildman–Crippen MR) is 72.6 cm³/mol. The number of carboxylic acids is 1. The molecule has 0 aromatic heterocycles.